The van der Waals surface area contributed by atoms with Gasteiger partial charge in [0, 0.05) is 31.5 Å². The maximum atomic E-state index is 12.4. The van der Waals surface area contributed by atoms with Crippen molar-refractivity contribution >= 4 is 5.91 Å². The number of hydrogen-bond donors (Lipinski definition) is 2. The second-order valence-corrected chi connectivity index (χ2v) is 7.67. The molecule has 164 valence electrons. The average molecular weight is 418 g/mol. The van der Waals surface area contributed by atoms with Gasteiger partial charge in [0.2, 0.25) is 5.91 Å². The minimum atomic E-state index is -0.361. The molecule has 2 aromatic rings. The van der Waals surface area contributed by atoms with E-state index in [2.05, 4.69) is 34.3 Å². The van der Waals surface area contributed by atoms with Gasteiger partial charge in [-0.15, -0.1) is 10.2 Å². The molecule has 1 amide bonds. The minimum Gasteiger partial charge on any atom is -0.493 e. The van der Waals surface area contributed by atoms with Gasteiger partial charge >= 0.3 is 0 Å². The molecule has 1 heterocycles. The second-order valence-electron chi connectivity index (χ2n) is 7.67. The summed E-state index contributed by atoms with van der Waals surface area (Å²) in [6, 6.07) is 5.31. The van der Waals surface area contributed by atoms with Gasteiger partial charge in [-0.05, 0) is 38.2 Å². The molecule has 2 N–H and O–H groups in total. The molecule has 1 aromatic heterocycles. The lowest BCUT2D eigenvalue weighted by molar-refractivity contribution is -0.121. The molecule has 0 aliphatic heterocycles. The van der Waals surface area contributed by atoms with E-state index in [0.29, 0.717) is 42.0 Å². The Morgan fingerprint density at radius 3 is 2.63 bits per heavy atom. The standard InChI is InChI=1S/C21H31N5O4/c1-14(2)13-30-17-8-6-15(12-18(17)29-5)20-23-21(28)16(24-25-20)7-9-19(27)22-10-11-26(3)4/h6,8,12,14H,7,9-11,13H2,1-5H3,(H,22,27)(H,23,25,28). The lowest BCUT2D eigenvalue weighted by Crippen LogP contribution is -2.32. The minimum absolute atomic E-state index is 0.121. The Bertz CT molecular complexity index is 895. The van der Waals surface area contributed by atoms with Crippen molar-refractivity contribution in [3.8, 4) is 22.9 Å². The Balaban J connectivity index is 2.04. The van der Waals surface area contributed by atoms with Gasteiger partial charge < -0.3 is 24.7 Å². The van der Waals surface area contributed by atoms with Crippen molar-refractivity contribution in [2.24, 2.45) is 5.92 Å². The first kappa shape index (κ1) is 23.3. The summed E-state index contributed by atoms with van der Waals surface area (Å²) in [7, 11) is 5.43. The smallest absolute Gasteiger partial charge is 0.273 e. The first-order chi connectivity index (χ1) is 14.3. The fraction of sp³-hybridized carbons (Fsp3) is 0.524. The topological polar surface area (TPSA) is 109 Å². The van der Waals surface area contributed by atoms with Crippen LogP contribution in [0.3, 0.4) is 0 Å². The van der Waals surface area contributed by atoms with Crippen molar-refractivity contribution in [1.29, 1.82) is 0 Å². The van der Waals surface area contributed by atoms with Crippen LogP contribution in [0.5, 0.6) is 11.5 Å². The van der Waals surface area contributed by atoms with Crippen LogP contribution in [0, 0.1) is 5.92 Å². The predicted molar refractivity (Wildman–Crippen MR) is 115 cm³/mol. The summed E-state index contributed by atoms with van der Waals surface area (Å²) < 4.78 is 11.1. The summed E-state index contributed by atoms with van der Waals surface area (Å²) >= 11 is 0. The third-order valence-electron chi connectivity index (χ3n) is 4.24. The highest BCUT2D eigenvalue weighted by Gasteiger charge is 2.12. The third kappa shape index (κ3) is 7.14. The third-order valence-corrected chi connectivity index (χ3v) is 4.24. The van der Waals surface area contributed by atoms with Gasteiger partial charge in [-0.2, -0.15) is 0 Å². The molecule has 0 bridgehead atoms. The maximum Gasteiger partial charge on any atom is 0.273 e. The van der Waals surface area contributed by atoms with Crippen LogP contribution in [0.15, 0.2) is 23.0 Å². The molecule has 9 heteroatoms. The van der Waals surface area contributed by atoms with Gasteiger partial charge in [0.1, 0.15) is 5.69 Å². The van der Waals surface area contributed by atoms with E-state index in [1.807, 2.05) is 19.0 Å². The normalized spacial score (nSPS) is 11.0. The van der Waals surface area contributed by atoms with Crippen molar-refractivity contribution in [1.82, 2.24) is 25.4 Å². The van der Waals surface area contributed by atoms with Crippen molar-refractivity contribution in [2.45, 2.75) is 26.7 Å². The van der Waals surface area contributed by atoms with Crippen LogP contribution in [0.25, 0.3) is 11.4 Å². The van der Waals surface area contributed by atoms with Gasteiger partial charge in [0.15, 0.2) is 17.3 Å². The number of methoxy groups -OCH3 is 1. The van der Waals surface area contributed by atoms with E-state index in [0.717, 1.165) is 6.54 Å². The summed E-state index contributed by atoms with van der Waals surface area (Å²) in [5.41, 5.74) is 0.520. The Kier molecular flexibility index (Phi) is 8.79. The first-order valence-corrected chi connectivity index (χ1v) is 9.98. The highest BCUT2D eigenvalue weighted by Crippen LogP contribution is 2.31. The fourth-order valence-corrected chi connectivity index (χ4v) is 2.58. The molecule has 0 radical (unpaired) electrons. The molecule has 1 aromatic carbocycles. The number of aromatic amines is 1. The number of rotatable bonds is 11. The summed E-state index contributed by atoms with van der Waals surface area (Å²) in [4.78, 5) is 29.0. The quantitative estimate of drug-likeness (QED) is 0.570. The Morgan fingerprint density at radius 2 is 2.00 bits per heavy atom. The molecule has 30 heavy (non-hydrogen) atoms. The first-order valence-electron chi connectivity index (χ1n) is 9.98. The molecule has 0 atom stereocenters. The maximum absolute atomic E-state index is 12.4. The van der Waals surface area contributed by atoms with E-state index in [1.54, 1.807) is 25.3 Å². The number of nitrogens with zero attached hydrogens (tertiary/aromatic N) is 3. The molecule has 0 aliphatic rings. The fourth-order valence-electron chi connectivity index (χ4n) is 2.58. The van der Waals surface area contributed by atoms with E-state index < -0.39 is 0 Å². The number of benzene rings is 1. The Hall–Kier alpha value is -2.94. The Morgan fingerprint density at radius 1 is 1.23 bits per heavy atom. The second kappa shape index (κ2) is 11.3. The molecule has 0 spiro atoms. The van der Waals surface area contributed by atoms with Crippen LogP contribution >= 0.6 is 0 Å². The van der Waals surface area contributed by atoms with E-state index in [4.69, 9.17) is 9.47 Å². The summed E-state index contributed by atoms with van der Waals surface area (Å²) in [6.07, 6.45) is 0.405. The van der Waals surface area contributed by atoms with Crippen LogP contribution in [0.4, 0.5) is 0 Å². The van der Waals surface area contributed by atoms with E-state index in [1.165, 1.54) is 0 Å². The van der Waals surface area contributed by atoms with Gasteiger partial charge in [0.25, 0.3) is 5.56 Å². The number of H-pyrrole nitrogens is 1. The molecule has 0 fully saturated rings. The van der Waals surface area contributed by atoms with Crippen molar-refractivity contribution in [3.63, 3.8) is 0 Å². The van der Waals surface area contributed by atoms with Crippen LogP contribution in [0.1, 0.15) is 26.0 Å². The zero-order valence-corrected chi connectivity index (χ0v) is 18.3. The molecular formula is C21H31N5O4. The number of hydrogen-bond acceptors (Lipinski definition) is 7. The SMILES string of the molecule is COc1cc(-c2nnc(CCC(=O)NCCN(C)C)c(=O)[nH]2)ccc1OCC(C)C. The largest absolute Gasteiger partial charge is 0.493 e. The van der Waals surface area contributed by atoms with Crippen LogP contribution < -0.4 is 20.3 Å². The highest BCUT2D eigenvalue weighted by molar-refractivity contribution is 5.76. The van der Waals surface area contributed by atoms with Crippen molar-refractivity contribution in [3.05, 3.63) is 34.2 Å². The van der Waals surface area contributed by atoms with E-state index in [-0.39, 0.29) is 30.0 Å². The number of aryl methyl sites for hydroxylation is 1. The Labute approximate surface area is 176 Å². The number of aromatic nitrogens is 3. The molecule has 2 rings (SSSR count). The van der Waals surface area contributed by atoms with Gasteiger partial charge in [-0.3, -0.25) is 9.59 Å². The zero-order chi connectivity index (χ0) is 22.1. The highest BCUT2D eigenvalue weighted by atomic mass is 16.5. The number of likely N-dealkylation sites (N-methyl/N-ethyl adjacent to an activating group) is 1. The molecule has 9 nitrogen and oxygen atoms in total. The van der Waals surface area contributed by atoms with Crippen LogP contribution in [-0.2, 0) is 11.2 Å². The molecule has 0 saturated carbocycles. The number of carbonyl (C=O) groups excluding carboxylic acids is 1. The summed E-state index contributed by atoms with van der Waals surface area (Å²) in [5, 5.41) is 10.9. The monoisotopic (exact) mass is 417 g/mol. The molecule has 0 saturated heterocycles. The lowest BCUT2D eigenvalue weighted by atomic mass is 10.2. The van der Waals surface area contributed by atoms with E-state index >= 15 is 0 Å². The van der Waals surface area contributed by atoms with Crippen molar-refractivity contribution < 1.29 is 14.3 Å². The number of ether oxygens (including phenoxy) is 2. The summed E-state index contributed by atoms with van der Waals surface area (Å²) in [5.74, 6) is 1.77. The number of nitrogens with one attached hydrogen (secondary N) is 2. The van der Waals surface area contributed by atoms with Gasteiger partial charge in [-0.1, -0.05) is 13.8 Å². The molecular weight excluding hydrogens is 386 g/mol. The van der Waals surface area contributed by atoms with Crippen LogP contribution in [-0.4, -0.2) is 66.9 Å². The lowest BCUT2D eigenvalue weighted by Gasteiger charge is -2.13. The average Bonchev–Trinajstić information content (AvgIpc) is 2.70. The predicted octanol–water partition coefficient (Wildman–Crippen LogP) is 1.49. The molecule has 0 aliphatic carbocycles. The van der Waals surface area contributed by atoms with Gasteiger partial charge in [0.05, 0.1) is 13.7 Å². The molecule has 0 unspecified atom stereocenters. The van der Waals surface area contributed by atoms with E-state index in [9.17, 15) is 9.59 Å². The summed E-state index contributed by atoms with van der Waals surface area (Å²) in [6.45, 7) is 6.02. The van der Waals surface area contributed by atoms with Gasteiger partial charge in [-0.25, -0.2) is 0 Å². The van der Waals surface area contributed by atoms with Crippen LogP contribution in [0.2, 0.25) is 0 Å². The zero-order valence-electron chi connectivity index (χ0n) is 18.3. The number of carbonyl (C=O) groups is 1. The number of amides is 1. The van der Waals surface area contributed by atoms with Crippen molar-refractivity contribution in [2.75, 3.05) is 40.9 Å².